The van der Waals surface area contributed by atoms with E-state index in [9.17, 15) is 28.8 Å². The fourth-order valence-electron chi connectivity index (χ4n) is 3.09. The third kappa shape index (κ3) is 31.3. The molecule has 0 fully saturated rings. The van der Waals surface area contributed by atoms with Crippen LogP contribution in [-0.2, 0) is 19.2 Å². The highest BCUT2D eigenvalue weighted by Gasteiger charge is 2.07. The molecule has 0 heterocycles. The second-order valence-corrected chi connectivity index (χ2v) is 9.53. The number of carbonyl (C=O) groups is 4. The normalized spacial score (nSPS) is 9.08. The first-order valence-corrected chi connectivity index (χ1v) is 15.1. The molecule has 2 aromatic rings. The lowest BCUT2D eigenvalue weighted by molar-refractivity contribution is -0.139. The van der Waals surface area contributed by atoms with E-state index in [1.165, 1.54) is 30.4 Å². The quantitative estimate of drug-likeness (QED) is 0.0659. The van der Waals surface area contributed by atoms with Crippen molar-refractivity contribution >= 4 is 47.4 Å². The van der Waals surface area contributed by atoms with Gasteiger partial charge in [0.25, 0.3) is 0 Å². The minimum atomic E-state index is -1.13. The molecule has 0 aliphatic heterocycles. The monoisotopic (exact) mass is 694 g/mol. The summed E-state index contributed by atoms with van der Waals surface area (Å²) in [5.41, 5.74) is 1.55. The smallest absolute Gasteiger partial charge is 0.335 e. The van der Waals surface area contributed by atoms with E-state index in [1.807, 2.05) is 0 Å². The summed E-state index contributed by atoms with van der Waals surface area (Å²) in [6.07, 6.45) is 9.14. The highest BCUT2D eigenvalue weighted by molar-refractivity contribution is 5.93. The molecule has 0 unspecified atom stereocenters. The highest BCUT2D eigenvalue weighted by atomic mass is 16.4. The molecular formula is C33H46N2O14. The SMILES string of the molecule is Cc1c(N=C=O)cccc1N=C=O.O=C(O)CCCCC(=O)O.O=C(O)c1cccc(C(=O)O)c1.OCCCCCCO.OCCCCO. The van der Waals surface area contributed by atoms with Crippen LogP contribution in [0, 0.1) is 6.92 Å². The van der Waals surface area contributed by atoms with E-state index in [1.54, 1.807) is 25.1 Å². The molecule has 0 aromatic heterocycles. The van der Waals surface area contributed by atoms with Gasteiger partial charge >= 0.3 is 23.9 Å². The molecule has 0 atom stereocenters. The molecule has 0 amide bonds. The zero-order valence-electron chi connectivity index (χ0n) is 27.4. The number of nitrogens with zero attached hydrogens (tertiary/aromatic N) is 2. The van der Waals surface area contributed by atoms with E-state index in [2.05, 4.69) is 9.98 Å². The number of carboxylic acids is 4. The van der Waals surface area contributed by atoms with E-state index in [4.69, 9.17) is 40.9 Å². The Labute approximate surface area is 283 Å². The van der Waals surface area contributed by atoms with Crippen molar-refractivity contribution < 1.29 is 69.6 Å². The van der Waals surface area contributed by atoms with E-state index in [0.29, 0.717) is 29.8 Å². The van der Waals surface area contributed by atoms with Crippen molar-refractivity contribution in [2.75, 3.05) is 26.4 Å². The molecule has 16 heteroatoms. The van der Waals surface area contributed by atoms with Crippen LogP contribution >= 0.6 is 0 Å². The fourth-order valence-corrected chi connectivity index (χ4v) is 3.09. The summed E-state index contributed by atoms with van der Waals surface area (Å²) in [6.45, 7) is 2.67. The van der Waals surface area contributed by atoms with Crippen LogP contribution in [-0.4, -0.2) is 103 Å². The summed E-state index contributed by atoms with van der Waals surface area (Å²) in [4.78, 5) is 67.5. The van der Waals surface area contributed by atoms with Gasteiger partial charge in [-0.15, -0.1) is 0 Å². The minimum Gasteiger partial charge on any atom is -0.481 e. The number of hydrogen-bond donors (Lipinski definition) is 8. The van der Waals surface area contributed by atoms with Gasteiger partial charge in [0.2, 0.25) is 12.2 Å². The molecular weight excluding hydrogens is 648 g/mol. The lowest BCUT2D eigenvalue weighted by Crippen LogP contribution is -2.01. The molecule has 0 radical (unpaired) electrons. The minimum absolute atomic E-state index is 0.0186. The van der Waals surface area contributed by atoms with Crippen molar-refractivity contribution in [2.45, 2.75) is 71.1 Å². The van der Waals surface area contributed by atoms with Gasteiger partial charge in [-0.2, -0.15) is 9.98 Å². The van der Waals surface area contributed by atoms with Gasteiger partial charge in [-0.25, -0.2) is 19.2 Å². The van der Waals surface area contributed by atoms with Gasteiger partial charge in [0, 0.05) is 44.8 Å². The maximum Gasteiger partial charge on any atom is 0.335 e. The van der Waals surface area contributed by atoms with Crippen LogP contribution in [0.2, 0.25) is 0 Å². The van der Waals surface area contributed by atoms with E-state index < -0.39 is 23.9 Å². The summed E-state index contributed by atoms with van der Waals surface area (Å²) in [7, 11) is 0. The number of hydrogen-bond acceptors (Lipinski definition) is 12. The van der Waals surface area contributed by atoms with Crippen LogP contribution < -0.4 is 0 Å². The second kappa shape index (κ2) is 34.3. The molecule has 0 bridgehead atoms. The summed E-state index contributed by atoms with van der Waals surface area (Å²) in [6, 6.07) is 10.1. The van der Waals surface area contributed by atoms with Gasteiger partial charge in [-0.1, -0.05) is 25.0 Å². The summed E-state index contributed by atoms with van der Waals surface area (Å²) in [5, 5.41) is 66.0. The Kier molecular flexibility index (Phi) is 33.8. The average Bonchev–Trinajstić information content (AvgIpc) is 3.07. The van der Waals surface area contributed by atoms with Crippen molar-refractivity contribution in [3.63, 3.8) is 0 Å². The second-order valence-electron chi connectivity index (χ2n) is 9.53. The maximum atomic E-state index is 10.4. The predicted molar refractivity (Wildman–Crippen MR) is 177 cm³/mol. The van der Waals surface area contributed by atoms with Crippen LogP contribution in [0.15, 0.2) is 52.4 Å². The van der Waals surface area contributed by atoms with E-state index in [0.717, 1.165) is 44.6 Å². The first kappa shape index (κ1) is 48.3. The molecule has 0 aliphatic carbocycles. The Bertz CT molecular complexity index is 1230. The molecule has 2 rings (SSSR count). The fraction of sp³-hybridized carbons (Fsp3) is 0.455. The Balaban J connectivity index is -0.000000553. The number of isocyanates is 2. The van der Waals surface area contributed by atoms with Crippen LogP contribution in [0.1, 0.15) is 90.5 Å². The lowest BCUT2D eigenvalue weighted by atomic mass is 10.1. The molecule has 0 aliphatic rings. The van der Waals surface area contributed by atoms with Crippen molar-refractivity contribution in [1.29, 1.82) is 0 Å². The number of benzene rings is 2. The number of carbonyl (C=O) groups excluding carboxylic acids is 2. The van der Waals surface area contributed by atoms with Gasteiger partial charge < -0.3 is 40.9 Å². The number of aliphatic hydroxyl groups excluding tert-OH is 4. The number of aromatic carboxylic acids is 2. The van der Waals surface area contributed by atoms with Gasteiger partial charge in [0.15, 0.2) is 0 Å². The molecule has 8 N–H and O–H groups in total. The largest absolute Gasteiger partial charge is 0.481 e. The molecule has 2 aromatic carbocycles. The number of aliphatic imine (C=N–C) groups is 2. The zero-order chi connectivity index (χ0) is 37.9. The third-order valence-electron chi connectivity index (χ3n) is 5.63. The Morgan fingerprint density at radius 3 is 1.16 bits per heavy atom. The molecule has 0 saturated carbocycles. The maximum absolute atomic E-state index is 10.4. The summed E-state index contributed by atoms with van der Waals surface area (Å²) in [5.74, 6) is -3.99. The standard InChI is InChI=1S/C9H6N2O2.C8H6O4.C6H10O4.C6H14O2.C4H10O2/c1-7-8(10-5-12)3-2-4-9(7)11-6-13;9-7(10)5-2-1-3-6(4-5)8(11)12;7-5(8)3-1-2-4-6(9)10;7-5-3-1-2-4-6-8;5-3-1-2-4-6/h2-4H,1H3;1-4H,(H,9,10)(H,11,12);1-4H2,(H,7,8)(H,9,10);7-8H,1-6H2;5-6H,1-4H2. The number of rotatable bonds is 17. The van der Waals surface area contributed by atoms with Crippen molar-refractivity contribution in [1.82, 2.24) is 0 Å². The average molecular weight is 695 g/mol. The van der Waals surface area contributed by atoms with Crippen LogP contribution in [0.3, 0.4) is 0 Å². The number of aliphatic carboxylic acids is 2. The van der Waals surface area contributed by atoms with Gasteiger partial charge in [0.05, 0.1) is 22.5 Å². The van der Waals surface area contributed by atoms with Crippen molar-refractivity contribution in [2.24, 2.45) is 9.98 Å². The van der Waals surface area contributed by atoms with E-state index >= 15 is 0 Å². The predicted octanol–water partition coefficient (Wildman–Crippen LogP) is 4.01. The molecule has 16 nitrogen and oxygen atoms in total. The van der Waals surface area contributed by atoms with Crippen molar-refractivity contribution in [3.05, 3.63) is 59.2 Å². The van der Waals surface area contributed by atoms with Gasteiger partial charge in [-0.3, -0.25) is 9.59 Å². The molecule has 0 spiro atoms. The van der Waals surface area contributed by atoms with Crippen LogP contribution in [0.25, 0.3) is 0 Å². The zero-order valence-corrected chi connectivity index (χ0v) is 27.4. The first-order chi connectivity index (χ1) is 23.4. The summed E-state index contributed by atoms with van der Waals surface area (Å²) >= 11 is 0. The topological polar surface area (TPSA) is 289 Å². The Hall–Kier alpha value is -5.08. The molecule has 272 valence electrons. The number of carboxylic acid groups (broad SMARTS) is 4. The Morgan fingerprint density at radius 2 is 0.878 bits per heavy atom. The lowest BCUT2D eigenvalue weighted by Gasteiger charge is -1.99. The summed E-state index contributed by atoms with van der Waals surface area (Å²) < 4.78 is 0. The number of aliphatic hydroxyl groups is 4. The number of unbranched alkanes of at least 4 members (excludes halogenated alkanes) is 5. The Morgan fingerprint density at radius 1 is 0.551 bits per heavy atom. The van der Waals surface area contributed by atoms with E-state index in [-0.39, 0.29) is 50.4 Å². The first-order valence-electron chi connectivity index (χ1n) is 15.1. The highest BCUT2D eigenvalue weighted by Crippen LogP contribution is 2.26. The van der Waals surface area contributed by atoms with Crippen molar-refractivity contribution in [3.8, 4) is 0 Å². The van der Waals surface area contributed by atoms with Gasteiger partial charge in [-0.05, 0) is 75.8 Å². The van der Waals surface area contributed by atoms with Crippen LogP contribution in [0.4, 0.5) is 11.4 Å². The molecule has 0 saturated heterocycles. The molecule has 49 heavy (non-hydrogen) atoms. The van der Waals surface area contributed by atoms with Gasteiger partial charge in [0.1, 0.15) is 0 Å². The third-order valence-corrected chi connectivity index (χ3v) is 5.63. The van der Waals surface area contributed by atoms with Crippen LogP contribution in [0.5, 0.6) is 0 Å².